The van der Waals surface area contributed by atoms with Crippen molar-refractivity contribution in [2.45, 2.75) is 12.5 Å². The third-order valence-electron chi connectivity index (χ3n) is 2.93. The Labute approximate surface area is 124 Å². The average molecular weight is 292 g/mol. The van der Waals surface area contributed by atoms with E-state index in [1.54, 1.807) is 13.2 Å². The Bertz CT molecular complexity index is 560. The predicted octanol–water partition coefficient (Wildman–Crippen LogP) is 3.30. The number of ether oxygens (including phenoxy) is 2. The molecule has 0 bridgehead atoms. The Morgan fingerprint density at radius 1 is 1.15 bits per heavy atom. The SMILES string of the molecule is COc1ccccc1CC(N)COc1cccc(Cl)c1. The van der Waals surface area contributed by atoms with Crippen LogP contribution in [0.1, 0.15) is 5.56 Å². The summed E-state index contributed by atoms with van der Waals surface area (Å²) in [5.74, 6) is 1.58. The molecule has 20 heavy (non-hydrogen) atoms. The van der Waals surface area contributed by atoms with Crippen LogP contribution >= 0.6 is 11.6 Å². The highest BCUT2D eigenvalue weighted by atomic mass is 35.5. The minimum Gasteiger partial charge on any atom is -0.496 e. The van der Waals surface area contributed by atoms with E-state index in [0.717, 1.165) is 17.1 Å². The molecule has 0 spiro atoms. The van der Waals surface area contributed by atoms with Crippen molar-refractivity contribution in [2.75, 3.05) is 13.7 Å². The van der Waals surface area contributed by atoms with E-state index in [9.17, 15) is 0 Å². The number of hydrogen-bond donors (Lipinski definition) is 1. The zero-order chi connectivity index (χ0) is 14.4. The van der Waals surface area contributed by atoms with Gasteiger partial charge >= 0.3 is 0 Å². The molecule has 0 heterocycles. The fourth-order valence-corrected chi connectivity index (χ4v) is 2.15. The Morgan fingerprint density at radius 3 is 2.70 bits per heavy atom. The summed E-state index contributed by atoms with van der Waals surface area (Å²) in [5.41, 5.74) is 7.18. The van der Waals surface area contributed by atoms with Crippen LogP contribution in [0.5, 0.6) is 11.5 Å². The van der Waals surface area contributed by atoms with Gasteiger partial charge < -0.3 is 15.2 Å². The maximum atomic E-state index is 6.10. The fourth-order valence-electron chi connectivity index (χ4n) is 1.97. The molecule has 4 heteroatoms. The Morgan fingerprint density at radius 2 is 1.95 bits per heavy atom. The molecule has 0 amide bonds. The van der Waals surface area contributed by atoms with Crippen molar-refractivity contribution in [1.82, 2.24) is 0 Å². The van der Waals surface area contributed by atoms with E-state index in [1.807, 2.05) is 42.5 Å². The molecular formula is C16H18ClNO2. The number of para-hydroxylation sites is 1. The number of hydrogen-bond acceptors (Lipinski definition) is 3. The molecule has 2 N–H and O–H groups in total. The van der Waals surface area contributed by atoms with Gasteiger partial charge in [0.15, 0.2) is 0 Å². The van der Waals surface area contributed by atoms with E-state index >= 15 is 0 Å². The number of nitrogens with two attached hydrogens (primary N) is 1. The molecule has 0 saturated heterocycles. The van der Waals surface area contributed by atoms with Gasteiger partial charge in [0.2, 0.25) is 0 Å². The first-order valence-electron chi connectivity index (χ1n) is 6.45. The lowest BCUT2D eigenvalue weighted by Gasteiger charge is -2.15. The quantitative estimate of drug-likeness (QED) is 0.888. The number of rotatable bonds is 6. The van der Waals surface area contributed by atoms with Crippen LogP contribution in [0.15, 0.2) is 48.5 Å². The van der Waals surface area contributed by atoms with Gasteiger partial charge in [0.05, 0.1) is 7.11 Å². The van der Waals surface area contributed by atoms with E-state index in [4.69, 9.17) is 26.8 Å². The summed E-state index contributed by atoms with van der Waals surface area (Å²) in [4.78, 5) is 0. The second-order valence-electron chi connectivity index (χ2n) is 4.54. The summed E-state index contributed by atoms with van der Waals surface area (Å²) in [6, 6.07) is 15.0. The molecule has 1 unspecified atom stereocenters. The molecule has 0 saturated carbocycles. The molecule has 0 aliphatic carbocycles. The van der Waals surface area contributed by atoms with Gasteiger partial charge in [0.25, 0.3) is 0 Å². The molecule has 0 aromatic heterocycles. The van der Waals surface area contributed by atoms with Gasteiger partial charge in [-0.3, -0.25) is 0 Å². The van der Waals surface area contributed by atoms with Crippen molar-refractivity contribution in [3.63, 3.8) is 0 Å². The molecule has 106 valence electrons. The largest absolute Gasteiger partial charge is 0.496 e. The zero-order valence-corrected chi connectivity index (χ0v) is 12.1. The van der Waals surface area contributed by atoms with E-state index in [1.165, 1.54) is 0 Å². The molecule has 2 aromatic carbocycles. The topological polar surface area (TPSA) is 44.5 Å². The van der Waals surface area contributed by atoms with Gasteiger partial charge in [-0.25, -0.2) is 0 Å². The molecule has 0 radical (unpaired) electrons. The Kier molecular flexibility index (Phi) is 5.27. The van der Waals surface area contributed by atoms with Gasteiger partial charge in [-0.15, -0.1) is 0 Å². The summed E-state index contributed by atoms with van der Waals surface area (Å²) in [6.07, 6.45) is 0.699. The van der Waals surface area contributed by atoms with Crippen LogP contribution in [-0.2, 0) is 6.42 Å². The second-order valence-corrected chi connectivity index (χ2v) is 4.98. The standard InChI is InChI=1S/C16H18ClNO2/c1-19-16-8-3-2-5-12(16)9-14(18)11-20-15-7-4-6-13(17)10-15/h2-8,10,14H,9,11,18H2,1H3. The van der Waals surface area contributed by atoms with Gasteiger partial charge in [0, 0.05) is 11.1 Å². The van der Waals surface area contributed by atoms with Crippen LogP contribution in [0.3, 0.4) is 0 Å². The molecular weight excluding hydrogens is 274 g/mol. The molecule has 2 aromatic rings. The summed E-state index contributed by atoms with van der Waals surface area (Å²) in [6.45, 7) is 0.429. The fraction of sp³-hybridized carbons (Fsp3) is 0.250. The van der Waals surface area contributed by atoms with Crippen molar-refractivity contribution >= 4 is 11.6 Å². The van der Waals surface area contributed by atoms with Crippen molar-refractivity contribution < 1.29 is 9.47 Å². The highest BCUT2D eigenvalue weighted by Gasteiger charge is 2.09. The monoisotopic (exact) mass is 291 g/mol. The molecule has 0 fully saturated rings. The number of methoxy groups -OCH3 is 1. The van der Waals surface area contributed by atoms with Crippen LogP contribution in [0.25, 0.3) is 0 Å². The first-order valence-corrected chi connectivity index (χ1v) is 6.82. The summed E-state index contributed by atoms with van der Waals surface area (Å²) >= 11 is 5.90. The first kappa shape index (κ1) is 14.7. The molecule has 1 atom stereocenters. The highest BCUT2D eigenvalue weighted by molar-refractivity contribution is 6.30. The summed E-state index contributed by atoms with van der Waals surface area (Å²) in [5, 5.41) is 0.654. The minimum atomic E-state index is -0.106. The molecule has 3 nitrogen and oxygen atoms in total. The number of benzene rings is 2. The van der Waals surface area contributed by atoms with Crippen molar-refractivity contribution in [3.05, 3.63) is 59.1 Å². The summed E-state index contributed by atoms with van der Waals surface area (Å²) < 4.78 is 11.0. The lowest BCUT2D eigenvalue weighted by Crippen LogP contribution is -2.30. The van der Waals surface area contributed by atoms with Crippen LogP contribution in [0.2, 0.25) is 5.02 Å². The van der Waals surface area contributed by atoms with Gasteiger partial charge in [-0.05, 0) is 36.2 Å². The van der Waals surface area contributed by atoms with Gasteiger partial charge in [0.1, 0.15) is 18.1 Å². The lowest BCUT2D eigenvalue weighted by atomic mass is 10.1. The van der Waals surface area contributed by atoms with Crippen LogP contribution in [0.4, 0.5) is 0 Å². The smallest absolute Gasteiger partial charge is 0.122 e. The Hall–Kier alpha value is -1.71. The third kappa shape index (κ3) is 4.15. The third-order valence-corrected chi connectivity index (χ3v) is 3.17. The first-order chi connectivity index (χ1) is 9.69. The van der Waals surface area contributed by atoms with Crippen LogP contribution in [0, 0.1) is 0 Å². The van der Waals surface area contributed by atoms with Gasteiger partial charge in [-0.2, -0.15) is 0 Å². The Balaban J connectivity index is 1.91. The molecule has 2 rings (SSSR count). The van der Waals surface area contributed by atoms with Crippen LogP contribution in [-0.4, -0.2) is 19.8 Å². The van der Waals surface area contributed by atoms with E-state index in [-0.39, 0.29) is 6.04 Å². The summed E-state index contributed by atoms with van der Waals surface area (Å²) in [7, 11) is 1.66. The number of halogens is 1. The highest BCUT2D eigenvalue weighted by Crippen LogP contribution is 2.20. The minimum absolute atomic E-state index is 0.106. The van der Waals surface area contributed by atoms with Crippen LogP contribution < -0.4 is 15.2 Å². The van der Waals surface area contributed by atoms with E-state index in [2.05, 4.69) is 0 Å². The predicted molar refractivity (Wildman–Crippen MR) is 81.6 cm³/mol. The maximum absolute atomic E-state index is 6.10. The maximum Gasteiger partial charge on any atom is 0.122 e. The normalized spacial score (nSPS) is 11.9. The van der Waals surface area contributed by atoms with E-state index in [0.29, 0.717) is 18.1 Å². The molecule has 0 aliphatic heterocycles. The lowest BCUT2D eigenvalue weighted by molar-refractivity contribution is 0.286. The average Bonchev–Trinajstić information content (AvgIpc) is 2.46. The van der Waals surface area contributed by atoms with Crippen molar-refractivity contribution in [1.29, 1.82) is 0 Å². The zero-order valence-electron chi connectivity index (χ0n) is 11.4. The van der Waals surface area contributed by atoms with Gasteiger partial charge in [-0.1, -0.05) is 35.9 Å². The molecule has 0 aliphatic rings. The van der Waals surface area contributed by atoms with Crippen molar-refractivity contribution in [3.8, 4) is 11.5 Å². The van der Waals surface area contributed by atoms with E-state index < -0.39 is 0 Å². The second kappa shape index (κ2) is 7.17. The van der Waals surface area contributed by atoms with Crippen molar-refractivity contribution in [2.24, 2.45) is 5.73 Å².